The maximum absolute atomic E-state index is 13.9. The van der Waals surface area contributed by atoms with E-state index in [1.54, 1.807) is 13.8 Å². The van der Waals surface area contributed by atoms with Gasteiger partial charge in [0.2, 0.25) is 0 Å². The van der Waals surface area contributed by atoms with Crippen LogP contribution in [0.2, 0.25) is 0 Å². The van der Waals surface area contributed by atoms with Gasteiger partial charge in [-0.05, 0) is 110 Å². The third kappa shape index (κ3) is 9.97. The van der Waals surface area contributed by atoms with Crippen LogP contribution in [0.1, 0.15) is 149 Å². The van der Waals surface area contributed by atoms with Crippen LogP contribution in [-0.4, -0.2) is 41.1 Å². The highest BCUT2D eigenvalue weighted by atomic mass is 32.2. The summed E-state index contributed by atoms with van der Waals surface area (Å²) in [7, 11) is -3.91. The van der Waals surface area contributed by atoms with Crippen molar-refractivity contribution in [2.75, 3.05) is 0 Å². The summed E-state index contributed by atoms with van der Waals surface area (Å²) >= 11 is 0. The fourth-order valence-electron chi connectivity index (χ4n) is 6.20. The molecule has 0 saturated heterocycles. The normalized spacial score (nSPS) is 14.3. The summed E-state index contributed by atoms with van der Waals surface area (Å²) in [6.45, 7) is 19.2. The minimum atomic E-state index is -3.91. The minimum absolute atomic E-state index is 0.0683. The molecule has 0 bridgehead atoms. The van der Waals surface area contributed by atoms with Crippen LogP contribution in [0, 0.1) is 27.7 Å². The standard InChI is InChI=1S/C38H58O8S/c1-11-15-29(19-35(39)45-21-33-25(7)17-31(23(5)13-3)37(41)27(33)9)47(43,44)30(16-12-2)20-36(40)46-22-34-26(8)18-32(24(6)14-4)38(42)28(34)10/h17-18,23-24,29-30,41-42H,11-16,19-22H2,1-10H3. The highest BCUT2D eigenvalue weighted by Gasteiger charge is 2.36. The molecule has 2 aromatic rings. The molecule has 0 saturated carbocycles. The Morgan fingerprint density at radius 1 is 0.681 bits per heavy atom. The van der Waals surface area contributed by atoms with E-state index in [9.17, 15) is 28.2 Å². The third-order valence-electron chi connectivity index (χ3n) is 9.84. The van der Waals surface area contributed by atoms with Gasteiger partial charge in [-0.3, -0.25) is 9.59 Å². The molecule has 0 radical (unpaired) electrons. The van der Waals surface area contributed by atoms with Gasteiger partial charge in [0.15, 0.2) is 9.84 Å². The smallest absolute Gasteiger partial charge is 0.307 e. The molecule has 8 nitrogen and oxygen atoms in total. The summed E-state index contributed by atoms with van der Waals surface area (Å²) < 4.78 is 39.0. The Hall–Kier alpha value is -3.07. The summed E-state index contributed by atoms with van der Waals surface area (Å²) in [6.07, 6.45) is 2.71. The van der Waals surface area contributed by atoms with Crippen molar-refractivity contribution in [1.29, 1.82) is 0 Å². The lowest BCUT2D eigenvalue weighted by Crippen LogP contribution is -2.36. The van der Waals surface area contributed by atoms with Gasteiger partial charge in [-0.2, -0.15) is 0 Å². The molecule has 0 aliphatic rings. The molecule has 9 heteroatoms. The van der Waals surface area contributed by atoms with Crippen LogP contribution >= 0.6 is 0 Å². The van der Waals surface area contributed by atoms with Crippen molar-refractivity contribution in [2.24, 2.45) is 0 Å². The topological polar surface area (TPSA) is 127 Å². The number of sulfone groups is 1. The van der Waals surface area contributed by atoms with Gasteiger partial charge in [-0.25, -0.2) is 8.42 Å². The second-order valence-electron chi connectivity index (χ2n) is 13.2. The molecule has 2 N–H and O–H groups in total. The molecular formula is C38H58O8S. The molecule has 2 rings (SSSR count). The molecule has 264 valence electrons. The maximum atomic E-state index is 13.9. The molecule has 0 amide bonds. The van der Waals surface area contributed by atoms with Crippen molar-refractivity contribution in [3.8, 4) is 11.5 Å². The molecule has 4 unspecified atom stereocenters. The summed E-state index contributed by atoms with van der Waals surface area (Å²) in [5, 5.41) is 19.6. The van der Waals surface area contributed by atoms with Gasteiger partial charge in [0, 0.05) is 0 Å². The van der Waals surface area contributed by atoms with Crippen LogP contribution in [0.4, 0.5) is 0 Å². The lowest BCUT2D eigenvalue weighted by atomic mass is 9.90. The largest absolute Gasteiger partial charge is 0.507 e. The Kier molecular flexibility index (Phi) is 15.3. The fourth-order valence-corrected chi connectivity index (χ4v) is 8.61. The number of phenols is 2. The Bertz CT molecular complexity index is 1390. The molecule has 4 atom stereocenters. The molecule has 0 heterocycles. The minimum Gasteiger partial charge on any atom is -0.507 e. The quantitative estimate of drug-likeness (QED) is 0.150. The lowest BCUT2D eigenvalue weighted by molar-refractivity contribution is -0.145. The van der Waals surface area contributed by atoms with E-state index in [1.165, 1.54) is 0 Å². The first-order valence-electron chi connectivity index (χ1n) is 17.2. The molecular weight excluding hydrogens is 616 g/mol. The van der Waals surface area contributed by atoms with Gasteiger partial charge in [0.25, 0.3) is 0 Å². The summed E-state index contributed by atoms with van der Waals surface area (Å²) in [5.74, 6) is -0.523. The van der Waals surface area contributed by atoms with Gasteiger partial charge in [-0.1, -0.05) is 66.5 Å². The Labute approximate surface area is 283 Å². The zero-order valence-electron chi connectivity index (χ0n) is 30.3. The summed E-state index contributed by atoms with van der Waals surface area (Å²) in [6, 6.07) is 3.84. The highest BCUT2D eigenvalue weighted by Crippen LogP contribution is 2.36. The average Bonchev–Trinajstić information content (AvgIpc) is 3.03. The van der Waals surface area contributed by atoms with Gasteiger partial charge in [0.05, 0.1) is 23.3 Å². The SMILES string of the molecule is CCCC(CC(=O)OCc1c(C)cc(C(C)CC)c(O)c1C)S(=O)(=O)C(CCC)CC(=O)OCc1c(C)cc(C(C)CC)c(O)c1C. The summed E-state index contributed by atoms with van der Waals surface area (Å²) in [4.78, 5) is 26.1. The van der Waals surface area contributed by atoms with E-state index < -0.39 is 32.3 Å². The van der Waals surface area contributed by atoms with Crippen LogP contribution in [0.3, 0.4) is 0 Å². The number of phenolic OH excluding ortho intramolecular Hbond substituents is 2. The Morgan fingerprint density at radius 2 is 1.02 bits per heavy atom. The fraction of sp³-hybridized carbons (Fsp3) is 0.632. The molecule has 0 aromatic heterocycles. The number of hydrogen-bond acceptors (Lipinski definition) is 8. The van der Waals surface area contributed by atoms with Crippen LogP contribution < -0.4 is 0 Å². The Balaban J connectivity index is 2.17. The average molecular weight is 675 g/mol. The number of carbonyl (C=O) groups excluding carboxylic acids is 2. The van der Waals surface area contributed by atoms with Crippen LogP contribution in [0.15, 0.2) is 12.1 Å². The van der Waals surface area contributed by atoms with E-state index in [-0.39, 0.29) is 62.2 Å². The third-order valence-corrected chi connectivity index (χ3v) is 12.5. The van der Waals surface area contributed by atoms with E-state index in [2.05, 4.69) is 13.8 Å². The van der Waals surface area contributed by atoms with E-state index in [0.29, 0.717) is 35.1 Å². The van der Waals surface area contributed by atoms with Gasteiger partial charge >= 0.3 is 11.9 Å². The predicted octanol–water partition coefficient (Wildman–Crippen LogP) is 8.68. The Morgan fingerprint density at radius 3 is 1.32 bits per heavy atom. The lowest BCUT2D eigenvalue weighted by Gasteiger charge is -2.24. The number of benzene rings is 2. The molecule has 0 spiro atoms. The van der Waals surface area contributed by atoms with Gasteiger partial charge in [-0.15, -0.1) is 0 Å². The first-order valence-corrected chi connectivity index (χ1v) is 18.8. The number of rotatable bonds is 18. The first-order chi connectivity index (χ1) is 22.0. The van der Waals surface area contributed by atoms with Crippen LogP contribution in [0.5, 0.6) is 11.5 Å². The molecule has 0 aliphatic carbocycles. The molecule has 2 aromatic carbocycles. The molecule has 0 fully saturated rings. The van der Waals surface area contributed by atoms with E-state index >= 15 is 0 Å². The van der Waals surface area contributed by atoms with E-state index in [1.807, 2.05) is 53.7 Å². The second kappa shape index (κ2) is 17.9. The zero-order chi connectivity index (χ0) is 35.6. The van der Waals surface area contributed by atoms with Crippen molar-refractivity contribution < 1.29 is 37.7 Å². The molecule has 47 heavy (non-hydrogen) atoms. The van der Waals surface area contributed by atoms with Crippen LogP contribution in [-0.2, 0) is 42.1 Å². The predicted molar refractivity (Wildman–Crippen MR) is 188 cm³/mol. The number of ether oxygens (including phenoxy) is 2. The van der Waals surface area contributed by atoms with Crippen molar-refractivity contribution in [1.82, 2.24) is 0 Å². The highest BCUT2D eigenvalue weighted by molar-refractivity contribution is 7.92. The van der Waals surface area contributed by atoms with Crippen molar-refractivity contribution in [3.63, 3.8) is 0 Å². The van der Waals surface area contributed by atoms with Crippen LogP contribution in [0.25, 0.3) is 0 Å². The monoisotopic (exact) mass is 674 g/mol. The van der Waals surface area contributed by atoms with Crippen molar-refractivity contribution in [2.45, 2.75) is 156 Å². The number of carbonyl (C=O) groups is 2. The second-order valence-corrected chi connectivity index (χ2v) is 15.7. The summed E-state index contributed by atoms with van der Waals surface area (Å²) in [5.41, 5.74) is 6.23. The molecule has 0 aliphatic heterocycles. The van der Waals surface area contributed by atoms with Gasteiger partial charge in [0.1, 0.15) is 24.7 Å². The number of aromatic hydroxyl groups is 2. The van der Waals surface area contributed by atoms with E-state index in [4.69, 9.17) is 9.47 Å². The number of aryl methyl sites for hydroxylation is 2. The maximum Gasteiger partial charge on any atom is 0.307 e. The number of esters is 2. The first kappa shape index (κ1) is 40.1. The van der Waals surface area contributed by atoms with E-state index in [0.717, 1.165) is 35.1 Å². The van der Waals surface area contributed by atoms with Crippen molar-refractivity contribution >= 4 is 21.8 Å². The zero-order valence-corrected chi connectivity index (χ0v) is 31.1. The number of hydrogen-bond donors (Lipinski definition) is 2. The van der Waals surface area contributed by atoms with Gasteiger partial charge < -0.3 is 19.7 Å². The van der Waals surface area contributed by atoms with Crippen molar-refractivity contribution in [3.05, 3.63) is 56.6 Å².